The van der Waals surface area contributed by atoms with Crippen molar-refractivity contribution < 1.29 is 11.0 Å². The Morgan fingerprint density at radius 2 is 2.07 bits per heavy atom. The van der Waals surface area contributed by atoms with Gasteiger partial charge in [0, 0.05) is 38.9 Å². The Kier molecular flexibility index (Phi) is 5.80. The number of thiophene rings is 1. The summed E-state index contributed by atoms with van der Waals surface area (Å²) in [6.07, 6.45) is 1.80. The molecule has 29 heavy (non-hydrogen) atoms. The highest BCUT2D eigenvalue weighted by Crippen LogP contribution is 2.30. The number of carbonyl (C=O) groups excluding carboxylic acids is 1. The maximum Gasteiger partial charge on any atom is 0.411 e. The molecule has 0 spiro atoms. The highest BCUT2D eigenvalue weighted by molar-refractivity contribution is 7.17. The van der Waals surface area contributed by atoms with Gasteiger partial charge in [0.05, 0.1) is 16.8 Å². The molecule has 1 fully saturated rings. The molecule has 1 N–H and O–H groups in total. The second kappa shape index (κ2) is 8.65. The molecule has 1 amide bonds. The Balaban J connectivity index is 0.00000256. The van der Waals surface area contributed by atoms with Gasteiger partial charge in [-0.3, -0.25) is 5.32 Å². The number of nitrogens with zero attached hydrogens (tertiary/aromatic N) is 4. The zero-order valence-electron chi connectivity index (χ0n) is 16.7. The van der Waals surface area contributed by atoms with E-state index in [1.807, 2.05) is 35.7 Å². The second-order valence-electron chi connectivity index (χ2n) is 6.94. The Morgan fingerprint density at radius 1 is 1.28 bits per heavy atom. The highest BCUT2D eigenvalue weighted by Gasteiger charge is 2.28. The number of aromatic nitrogens is 2. The first-order chi connectivity index (χ1) is 14.2. The number of hydrogen-bond donors (Lipinski definition) is 1. The maximum absolute atomic E-state index is 12.3. The summed E-state index contributed by atoms with van der Waals surface area (Å²) in [5.41, 5.74) is 2.83. The van der Waals surface area contributed by atoms with Gasteiger partial charge in [-0.15, -0.1) is 11.3 Å². The molecule has 1 aliphatic rings. The van der Waals surface area contributed by atoms with Crippen LogP contribution in [0.1, 0.15) is 21.7 Å². The van der Waals surface area contributed by atoms with E-state index in [9.17, 15) is 4.79 Å². The lowest BCUT2D eigenvalue weighted by atomic mass is 10.2. The molecule has 0 radical (unpaired) electrons. The Labute approximate surface area is 175 Å². The summed E-state index contributed by atoms with van der Waals surface area (Å²) in [6.45, 7) is 7.60. The Morgan fingerprint density at radius 3 is 2.83 bits per heavy atom. The minimum absolute atomic E-state index is 0. The average molecular weight is 414 g/mol. The zero-order chi connectivity index (χ0) is 20.2. The topological polar surface area (TPSA) is 70.6 Å². The highest BCUT2D eigenvalue weighted by atomic mass is 32.1. The normalized spacial score (nSPS) is 16.2. The van der Waals surface area contributed by atoms with Crippen LogP contribution in [0.3, 0.4) is 0 Å². The van der Waals surface area contributed by atoms with E-state index in [4.69, 9.17) is 4.74 Å². The van der Waals surface area contributed by atoms with E-state index in [1.165, 1.54) is 0 Å². The smallest absolute Gasteiger partial charge is 0.411 e. The van der Waals surface area contributed by atoms with Gasteiger partial charge in [0.2, 0.25) is 0 Å². The average Bonchev–Trinajstić information content (AvgIpc) is 3.39. The molecular formula is C21H27N5O2S. The summed E-state index contributed by atoms with van der Waals surface area (Å²) in [7, 11) is 0. The van der Waals surface area contributed by atoms with Gasteiger partial charge in [-0.1, -0.05) is 0 Å². The van der Waals surface area contributed by atoms with Crippen molar-refractivity contribution in [2.45, 2.75) is 26.4 Å². The van der Waals surface area contributed by atoms with E-state index in [1.54, 1.807) is 17.7 Å². The van der Waals surface area contributed by atoms with Gasteiger partial charge in [-0.05, 0) is 49.6 Å². The van der Waals surface area contributed by atoms with E-state index >= 15 is 0 Å². The number of anilines is 3. The van der Waals surface area contributed by atoms with Crippen molar-refractivity contribution in [2.24, 2.45) is 0 Å². The molecule has 1 saturated heterocycles. The summed E-state index contributed by atoms with van der Waals surface area (Å²) in [5.74, 6) is 0.920. The molecular weight excluding hydrogens is 386 g/mol. The summed E-state index contributed by atoms with van der Waals surface area (Å²) in [5, 5.41) is 4.85. The SMILES string of the molecule is CCN(CC)c1ccc(NC(=O)OC2CCN(c3ncnc4ccsc34)C2)cc1.[HH]. The minimum Gasteiger partial charge on any atom is -0.444 e. The number of carbonyl (C=O) groups is 1. The van der Waals surface area contributed by atoms with Crippen molar-refractivity contribution in [2.75, 3.05) is 41.3 Å². The van der Waals surface area contributed by atoms with Crippen molar-refractivity contribution in [1.82, 2.24) is 9.97 Å². The van der Waals surface area contributed by atoms with Crippen molar-refractivity contribution in [3.8, 4) is 0 Å². The Hall–Kier alpha value is -2.87. The summed E-state index contributed by atoms with van der Waals surface area (Å²) >= 11 is 1.63. The van der Waals surface area contributed by atoms with Crippen LogP contribution in [0.4, 0.5) is 22.0 Å². The van der Waals surface area contributed by atoms with E-state index in [-0.39, 0.29) is 7.53 Å². The van der Waals surface area contributed by atoms with Crippen LogP contribution >= 0.6 is 11.3 Å². The van der Waals surface area contributed by atoms with Gasteiger partial charge < -0.3 is 14.5 Å². The largest absolute Gasteiger partial charge is 0.444 e. The summed E-state index contributed by atoms with van der Waals surface area (Å²) < 4.78 is 6.71. The van der Waals surface area contributed by atoms with Crippen LogP contribution in [0, 0.1) is 0 Å². The second-order valence-corrected chi connectivity index (χ2v) is 7.85. The first-order valence-corrected chi connectivity index (χ1v) is 10.8. The van der Waals surface area contributed by atoms with Crippen LogP contribution in [-0.2, 0) is 4.74 Å². The van der Waals surface area contributed by atoms with Crippen LogP contribution in [-0.4, -0.2) is 48.3 Å². The molecule has 0 saturated carbocycles. The fourth-order valence-electron chi connectivity index (χ4n) is 3.66. The monoisotopic (exact) mass is 413 g/mol. The van der Waals surface area contributed by atoms with Gasteiger partial charge in [0.25, 0.3) is 0 Å². The van der Waals surface area contributed by atoms with Gasteiger partial charge in [-0.2, -0.15) is 0 Å². The molecule has 3 heterocycles. The molecule has 4 rings (SSSR count). The summed E-state index contributed by atoms with van der Waals surface area (Å²) in [6, 6.07) is 9.84. The van der Waals surface area contributed by atoms with Crippen molar-refractivity contribution in [3.63, 3.8) is 0 Å². The van der Waals surface area contributed by atoms with Gasteiger partial charge >= 0.3 is 6.09 Å². The molecule has 8 heteroatoms. The maximum atomic E-state index is 12.3. The molecule has 2 aromatic heterocycles. The molecule has 0 bridgehead atoms. The molecule has 154 valence electrons. The standard InChI is InChI=1S/C21H25N5O2S.H2/c1-3-25(4-2)16-7-5-15(6-8-16)24-21(27)28-17-9-11-26(13-17)20-19-18(10-12-29-19)22-14-23-20;/h5-8,10,12,14,17H,3-4,9,11,13H2,1-2H3,(H,24,27);1H. The van der Waals surface area contributed by atoms with Crippen LogP contribution in [0.5, 0.6) is 0 Å². The van der Waals surface area contributed by atoms with Gasteiger partial charge in [0.1, 0.15) is 18.2 Å². The quantitative estimate of drug-likeness (QED) is 0.636. The third kappa shape index (κ3) is 4.27. The number of hydrogen-bond acceptors (Lipinski definition) is 7. The summed E-state index contributed by atoms with van der Waals surface area (Å²) in [4.78, 5) is 25.5. The minimum atomic E-state index is -0.420. The number of nitrogens with one attached hydrogen (secondary N) is 1. The van der Waals surface area contributed by atoms with E-state index in [0.717, 1.165) is 53.5 Å². The molecule has 1 aliphatic heterocycles. The number of benzene rings is 1. The van der Waals surface area contributed by atoms with Gasteiger partial charge in [0.15, 0.2) is 0 Å². The molecule has 7 nitrogen and oxygen atoms in total. The fourth-order valence-corrected chi connectivity index (χ4v) is 4.52. The lowest BCUT2D eigenvalue weighted by Crippen LogP contribution is -2.27. The molecule has 0 aliphatic carbocycles. The van der Waals surface area contributed by atoms with Crippen LogP contribution < -0.4 is 15.1 Å². The molecule has 1 atom stereocenters. The zero-order valence-corrected chi connectivity index (χ0v) is 17.5. The van der Waals surface area contributed by atoms with Crippen LogP contribution in [0.2, 0.25) is 0 Å². The van der Waals surface area contributed by atoms with Crippen molar-refractivity contribution in [1.29, 1.82) is 0 Å². The number of ether oxygens (including phenoxy) is 1. The fraction of sp³-hybridized carbons (Fsp3) is 0.381. The van der Waals surface area contributed by atoms with Crippen molar-refractivity contribution in [3.05, 3.63) is 42.0 Å². The first kappa shape index (κ1) is 19.4. The molecule has 1 unspecified atom stereocenters. The predicted molar refractivity (Wildman–Crippen MR) is 120 cm³/mol. The van der Waals surface area contributed by atoms with E-state index in [2.05, 4.69) is 38.9 Å². The third-order valence-corrected chi connectivity index (χ3v) is 6.08. The first-order valence-electron chi connectivity index (χ1n) is 9.93. The van der Waals surface area contributed by atoms with E-state index < -0.39 is 6.09 Å². The number of amides is 1. The number of rotatable bonds is 6. The lowest BCUT2D eigenvalue weighted by molar-refractivity contribution is 0.122. The molecule has 1 aromatic carbocycles. The third-order valence-electron chi connectivity index (χ3n) is 5.18. The predicted octanol–water partition coefficient (Wildman–Crippen LogP) is 4.61. The van der Waals surface area contributed by atoms with Crippen LogP contribution in [0.25, 0.3) is 10.2 Å². The van der Waals surface area contributed by atoms with Crippen LogP contribution in [0.15, 0.2) is 42.0 Å². The molecule has 3 aromatic rings. The number of fused-ring (bicyclic) bond motifs is 1. The Bertz CT molecular complexity index is 977. The van der Waals surface area contributed by atoms with Crippen molar-refractivity contribution >= 4 is 44.8 Å². The van der Waals surface area contributed by atoms with E-state index in [0.29, 0.717) is 6.54 Å². The van der Waals surface area contributed by atoms with Gasteiger partial charge in [-0.25, -0.2) is 14.8 Å². The lowest BCUT2D eigenvalue weighted by Gasteiger charge is -2.21.